The standard InChI is InChI=1S/C18H20N2O5S2/c21-17(19-9-12-26-13-14-5-4-11-25-14)8-3-10-20-18(22)15-6-1-2-7-16(15)27(20,23)24/h1-2,4-7,11H,3,8-10,12-13H2,(H,19,21). The van der Waals surface area contributed by atoms with Gasteiger partial charge in [0.1, 0.15) is 10.7 Å². The van der Waals surface area contributed by atoms with E-state index >= 15 is 0 Å². The number of nitrogens with one attached hydrogen (secondary N) is 1. The minimum Gasteiger partial charge on any atom is -0.468 e. The third-order valence-corrected chi connectivity index (χ3v) is 6.89. The van der Waals surface area contributed by atoms with Crippen LogP contribution in [0.1, 0.15) is 29.0 Å². The average molecular weight is 409 g/mol. The number of fused-ring (bicyclic) bond motifs is 1. The summed E-state index contributed by atoms with van der Waals surface area (Å²) < 4.78 is 30.9. The van der Waals surface area contributed by atoms with E-state index in [1.807, 2.05) is 12.1 Å². The first-order valence-corrected chi connectivity index (χ1v) is 11.1. The Kier molecular flexibility index (Phi) is 6.22. The molecule has 3 rings (SSSR count). The third-order valence-electron chi connectivity index (χ3n) is 4.07. The van der Waals surface area contributed by atoms with Gasteiger partial charge in [-0.05, 0) is 30.7 Å². The monoisotopic (exact) mass is 408 g/mol. The Bertz CT molecular complexity index is 910. The molecule has 0 aliphatic carbocycles. The molecule has 2 aromatic rings. The quantitative estimate of drug-likeness (QED) is 0.639. The molecular formula is C18H20N2O5S2. The van der Waals surface area contributed by atoms with Crippen LogP contribution in [0.3, 0.4) is 0 Å². The van der Waals surface area contributed by atoms with E-state index in [1.165, 1.54) is 12.1 Å². The number of thioether (sulfide) groups is 1. The van der Waals surface area contributed by atoms with Crippen LogP contribution in [0.25, 0.3) is 0 Å². The lowest BCUT2D eigenvalue weighted by atomic mass is 10.2. The Morgan fingerprint density at radius 2 is 2.00 bits per heavy atom. The predicted octanol–water partition coefficient (Wildman–Crippen LogP) is 2.25. The van der Waals surface area contributed by atoms with Crippen LogP contribution in [0.15, 0.2) is 52.0 Å². The van der Waals surface area contributed by atoms with Crippen molar-refractivity contribution in [2.24, 2.45) is 0 Å². The van der Waals surface area contributed by atoms with E-state index in [-0.39, 0.29) is 35.8 Å². The van der Waals surface area contributed by atoms with E-state index in [4.69, 9.17) is 4.42 Å². The van der Waals surface area contributed by atoms with Crippen molar-refractivity contribution in [1.29, 1.82) is 0 Å². The summed E-state index contributed by atoms with van der Waals surface area (Å²) >= 11 is 1.65. The van der Waals surface area contributed by atoms with Crippen LogP contribution in [-0.4, -0.2) is 43.4 Å². The Hall–Kier alpha value is -2.26. The van der Waals surface area contributed by atoms with E-state index < -0.39 is 15.9 Å². The zero-order valence-corrected chi connectivity index (χ0v) is 16.2. The second kappa shape index (κ2) is 8.62. The zero-order valence-electron chi connectivity index (χ0n) is 14.6. The number of furan rings is 1. The van der Waals surface area contributed by atoms with Crippen molar-refractivity contribution in [2.75, 3.05) is 18.8 Å². The fourth-order valence-electron chi connectivity index (χ4n) is 2.75. The van der Waals surface area contributed by atoms with Crippen molar-refractivity contribution >= 4 is 33.6 Å². The van der Waals surface area contributed by atoms with Crippen molar-refractivity contribution in [3.63, 3.8) is 0 Å². The van der Waals surface area contributed by atoms with E-state index in [1.54, 1.807) is 30.2 Å². The maximum atomic E-state index is 12.4. The SMILES string of the molecule is O=C(CCCN1C(=O)c2ccccc2S1(=O)=O)NCCSCc1ccco1. The highest BCUT2D eigenvalue weighted by molar-refractivity contribution is 7.98. The summed E-state index contributed by atoms with van der Waals surface area (Å²) in [4.78, 5) is 24.2. The molecule has 0 radical (unpaired) electrons. The van der Waals surface area contributed by atoms with Gasteiger partial charge in [-0.15, -0.1) is 0 Å². The normalized spacial score (nSPS) is 15.0. The lowest BCUT2D eigenvalue weighted by molar-refractivity contribution is -0.121. The van der Waals surface area contributed by atoms with Crippen molar-refractivity contribution in [2.45, 2.75) is 23.5 Å². The third kappa shape index (κ3) is 4.54. The first-order chi connectivity index (χ1) is 13.0. The molecule has 9 heteroatoms. The van der Waals surface area contributed by atoms with Crippen LogP contribution < -0.4 is 5.32 Å². The van der Waals surface area contributed by atoms with Crippen LogP contribution >= 0.6 is 11.8 Å². The molecule has 0 spiro atoms. The van der Waals surface area contributed by atoms with Crippen molar-refractivity contribution in [3.8, 4) is 0 Å². The molecule has 7 nitrogen and oxygen atoms in total. The number of hydrogen-bond acceptors (Lipinski definition) is 6. The van der Waals surface area contributed by atoms with Gasteiger partial charge in [0.25, 0.3) is 15.9 Å². The van der Waals surface area contributed by atoms with Crippen LogP contribution in [0.4, 0.5) is 0 Å². The lowest BCUT2D eigenvalue weighted by Crippen LogP contribution is -2.32. The second-order valence-corrected chi connectivity index (χ2v) is 8.90. The summed E-state index contributed by atoms with van der Waals surface area (Å²) in [6.07, 6.45) is 2.07. The maximum Gasteiger partial charge on any atom is 0.269 e. The molecule has 1 aromatic heterocycles. The summed E-state index contributed by atoms with van der Waals surface area (Å²) in [7, 11) is -3.80. The van der Waals surface area contributed by atoms with Gasteiger partial charge in [0, 0.05) is 25.3 Å². The molecule has 1 aliphatic heterocycles. The smallest absolute Gasteiger partial charge is 0.269 e. The van der Waals surface area contributed by atoms with E-state index in [0.29, 0.717) is 6.54 Å². The predicted molar refractivity (Wildman–Crippen MR) is 102 cm³/mol. The highest BCUT2D eigenvalue weighted by atomic mass is 32.2. The first-order valence-electron chi connectivity index (χ1n) is 8.53. The van der Waals surface area contributed by atoms with Crippen LogP contribution in [0, 0.1) is 0 Å². The number of hydrogen-bond donors (Lipinski definition) is 1. The van der Waals surface area contributed by atoms with Gasteiger partial charge in [0.15, 0.2) is 0 Å². The molecule has 144 valence electrons. The number of nitrogens with zero attached hydrogens (tertiary/aromatic N) is 1. The number of benzene rings is 1. The molecule has 0 unspecified atom stereocenters. The molecule has 1 aromatic carbocycles. The number of sulfonamides is 1. The molecule has 0 fully saturated rings. The van der Waals surface area contributed by atoms with Gasteiger partial charge in [-0.25, -0.2) is 12.7 Å². The van der Waals surface area contributed by atoms with Gasteiger partial charge in [-0.1, -0.05) is 12.1 Å². The molecule has 1 aliphatic rings. The summed E-state index contributed by atoms with van der Waals surface area (Å²) in [5.41, 5.74) is 0.190. The summed E-state index contributed by atoms with van der Waals surface area (Å²) in [6, 6.07) is 9.88. The van der Waals surface area contributed by atoms with Gasteiger partial charge in [0.05, 0.1) is 17.6 Å². The fourth-order valence-corrected chi connectivity index (χ4v) is 5.12. The molecule has 1 N–H and O–H groups in total. The zero-order chi connectivity index (χ0) is 19.3. The summed E-state index contributed by atoms with van der Waals surface area (Å²) in [5.74, 6) is 1.71. The summed E-state index contributed by atoms with van der Waals surface area (Å²) in [6.45, 7) is 0.521. The molecule has 0 atom stereocenters. The number of rotatable bonds is 9. The average Bonchev–Trinajstić information content (AvgIpc) is 3.23. The molecule has 27 heavy (non-hydrogen) atoms. The largest absolute Gasteiger partial charge is 0.468 e. The maximum absolute atomic E-state index is 12.4. The van der Waals surface area contributed by atoms with Crippen molar-refractivity contribution < 1.29 is 22.4 Å². The van der Waals surface area contributed by atoms with Gasteiger partial charge in [-0.3, -0.25) is 9.59 Å². The van der Waals surface area contributed by atoms with Crippen LogP contribution in [0.2, 0.25) is 0 Å². The molecule has 0 saturated heterocycles. The second-order valence-electron chi connectivity index (χ2n) is 5.96. The van der Waals surface area contributed by atoms with Gasteiger partial charge in [-0.2, -0.15) is 11.8 Å². The molecule has 2 amide bonds. The molecule has 0 saturated carbocycles. The topological polar surface area (TPSA) is 96.7 Å². The van der Waals surface area contributed by atoms with Gasteiger partial charge >= 0.3 is 0 Å². The Balaban J connectivity index is 1.37. The minimum atomic E-state index is -3.80. The van der Waals surface area contributed by atoms with E-state index in [0.717, 1.165) is 21.6 Å². The first kappa shape index (κ1) is 19.5. The highest BCUT2D eigenvalue weighted by Crippen LogP contribution is 2.29. The number of carbonyl (C=O) groups is 2. The minimum absolute atomic E-state index is 0.00346. The van der Waals surface area contributed by atoms with Crippen molar-refractivity contribution in [3.05, 3.63) is 54.0 Å². The lowest BCUT2D eigenvalue weighted by Gasteiger charge is -2.14. The highest BCUT2D eigenvalue weighted by Gasteiger charge is 2.40. The van der Waals surface area contributed by atoms with E-state index in [2.05, 4.69) is 5.32 Å². The van der Waals surface area contributed by atoms with Gasteiger partial charge in [0.2, 0.25) is 5.91 Å². The fraction of sp³-hybridized carbons (Fsp3) is 0.333. The summed E-state index contributed by atoms with van der Waals surface area (Å²) in [5, 5.41) is 2.79. The molecule has 0 bridgehead atoms. The number of carbonyl (C=O) groups excluding carboxylic acids is 2. The van der Waals surface area contributed by atoms with Crippen LogP contribution in [0.5, 0.6) is 0 Å². The molecular weight excluding hydrogens is 388 g/mol. The Morgan fingerprint density at radius 3 is 2.74 bits per heavy atom. The Labute approximate surface area is 162 Å². The Morgan fingerprint density at radius 1 is 1.19 bits per heavy atom. The van der Waals surface area contributed by atoms with Gasteiger partial charge < -0.3 is 9.73 Å². The molecule has 2 heterocycles. The van der Waals surface area contributed by atoms with E-state index in [9.17, 15) is 18.0 Å². The number of amides is 2. The van der Waals surface area contributed by atoms with Crippen LogP contribution in [-0.2, 0) is 20.6 Å². The van der Waals surface area contributed by atoms with Crippen molar-refractivity contribution in [1.82, 2.24) is 9.62 Å².